The molecule has 106 valence electrons. The van der Waals surface area contributed by atoms with Crippen molar-refractivity contribution in [3.8, 4) is 0 Å². The normalized spacial score (nSPS) is 12.3. The molecule has 0 aliphatic heterocycles. The van der Waals surface area contributed by atoms with Gasteiger partial charge >= 0.3 is 0 Å². The highest BCUT2D eigenvalue weighted by molar-refractivity contribution is 9.10. The van der Waals surface area contributed by atoms with Crippen molar-refractivity contribution in [3.63, 3.8) is 0 Å². The van der Waals surface area contributed by atoms with Crippen molar-refractivity contribution in [2.75, 3.05) is 19.3 Å². The topological polar surface area (TPSA) is 12.0 Å². The summed E-state index contributed by atoms with van der Waals surface area (Å²) in [5.41, 5.74) is 1.41. The van der Waals surface area contributed by atoms with Crippen molar-refractivity contribution < 1.29 is 0 Å². The van der Waals surface area contributed by atoms with E-state index < -0.39 is 0 Å². The second kappa shape index (κ2) is 8.50. The quantitative estimate of drug-likeness (QED) is 0.711. The van der Waals surface area contributed by atoms with Crippen molar-refractivity contribution in [3.05, 3.63) is 64.6 Å². The Morgan fingerprint density at radius 1 is 1.05 bits per heavy atom. The average Bonchev–Trinajstić information content (AvgIpc) is 2.48. The Bertz CT molecular complexity index is 498. The van der Waals surface area contributed by atoms with Crippen LogP contribution in [0.4, 0.5) is 0 Å². The zero-order chi connectivity index (χ0) is 14.2. The minimum absolute atomic E-state index is 0.573. The van der Waals surface area contributed by atoms with E-state index >= 15 is 0 Å². The first-order valence-corrected chi connectivity index (χ1v) is 8.65. The molecule has 0 aromatic heterocycles. The van der Waals surface area contributed by atoms with E-state index in [0.717, 1.165) is 16.8 Å². The van der Waals surface area contributed by atoms with Gasteiger partial charge in [-0.15, -0.1) is 11.8 Å². The monoisotopic (exact) mass is 349 g/mol. The fourth-order valence-corrected chi connectivity index (χ4v) is 3.46. The summed E-state index contributed by atoms with van der Waals surface area (Å²) in [6.45, 7) is 1.02. The summed E-state index contributed by atoms with van der Waals surface area (Å²) in [7, 11) is 2.02. The lowest BCUT2D eigenvalue weighted by Crippen LogP contribution is -2.17. The number of hydrogen-bond acceptors (Lipinski definition) is 2. The van der Waals surface area contributed by atoms with Crippen LogP contribution in [0.3, 0.4) is 0 Å². The van der Waals surface area contributed by atoms with Gasteiger partial charge in [0.05, 0.1) is 0 Å². The summed E-state index contributed by atoms with van der Waals surface area (Å²) < 4.78 is 1.14. The minimum Gasteiger partial charge on any atom is -0.319 e. The van der Waals surface area contributed by atoms with Gasteiger partial charge in [0, 0.05) is 15.9 Å². The van der Waals surface area contributed by atoms with Crippen LogP contribution in [0.5, 0.6) is 0 Å². The van der Waals surface area contributed by atoms with Crippen molar-refractivity contribution >= 4 is 27.7 Å². The fraction of sp³-hybridized carbons (Fsp3) is 0.294. The molecule has 0 saturated carbocycles. The van der Waals surface area contributed by atoms with Crippen LogP contribution in [0.25, 0.3) is 0 Å². The number of rotatable bonds is 7. The van der Waals surface area contributed by atoms with Gasteiger partial charge < -0.3 is 5.32 Å². The Kier molecular flexibility index (Phi) is 6.64. The van der Waals surface area contributed by atoms with E-state index in [1.807, 2.05) is 18.8 Å². The standard InChI is InChI=1S/C17H20BrNS/c1-19-13-15(14-7-9-16(18)10-8-14)11-12-20-17-5-3-2-4-6-17/h2-10,15,19H,11-13H2,1H3. The van der Waals surface area contributed by atoms with Gasteiger partial charge in [0.15, 0.2) is 0 Å². The van der Waals surface area contributed by atoms with Crippen LogP contribution in [0.15, 0.2) is 64.0 Å². The van der Waals surface area contributed by atoms with Crippen molar-refractivity contribution in [2.45, 2.75) is 17.2 Å². The lowest BCUT2D eigenvalue weighted by molar-refractivity contribution is 0.616. The SMILES string of the molecule is CNCC(CCSc1ccccc1)c1ccc(Br)cc1. The molecule has 0 aliphatic carbocycles. The van der Waals surface area contributed by atoms with Crippen LogP contribution >= 0.6 is 27.7 Å². The molecule has 0 fully saturated rings. The molecule has 0 bridgehead atoms. The molecule has 0 spiro atoms. The molecule has 0 amide bonds. The second-order valence-electron chi connectivity index (χ2n) is 4.76. The van der Waals surface area contributed by atoms with E-state index in [4.69, 9.17) is 0 Å². The Hall–Kier alpha value is -0.770. The summed E-state index contributed by atoms with van der Waals surface area (Å²) in [5.74, 6) is 1.72. The van der Waals surface area contributed by atoms with E-state index in [9.17, 15) is 0 Å². The molecular formula is C17H20BrNS. The molecule has 2 rings (SSSR count). The number of likely N-dealkylation sites (N-methyl/N-ethyl adjacent to an activating group) is 1. The maximum Gasteiger partial charge on any atom is 0.0175 e. The van der Waals surface area contributed by atoms with Crippen LogP contribution in [-0.2, 0) is 0 Å². The van der Waals surface area contributed by atoms with E-state index in [1.165, 1.54) is 16.9 Å². The Labute approximate surface area is 134 Å². The third kappa shape index (κ3) is 4.97. The minimum atomic E-state index is 0.573. The summed E-state index contributed by atoms with van der Waals surface area (Å²) in [6.07, 6.45) is 1.18. The van der Waals surface area contributed by atoms with Crippen LogP contribution in [0, 0.1) is 0 Å². The summed E-state index contributed by atoms with van der Waals surface area (Å²) >= 11 is 5.43. The number of benzene rings is 2. The molecule has 1 nitrogen and oxygen atoms in total. The summed E-state index contributed by atoms with van der Waals surface area (Å²) in [6, 6.07) is 19.3. The molecule has 20 heavy (non-hydrogen) atoms. The number of nitrogens with one attached hydrogen (secondary N) is 1. The smallest absolute Gasteiger partial charge is 0.0175 e. The number of hydrogen-bond donors (Lipinski definition) is 1. The van der Waals surface area contributed by atoms with Gasteiger partial charge in [0.2, 0.25) is 0 Å². The number of thioether (sulfide) groups is 1. The molecular weight excluding hydrogens is 330 g/mol. The maximum atomic E-state index is 3.50. The highest BCUT2D eigenvalue weighted by Gasteiger charge is 2.10. The van der Waals surface area contributed by atoms with E-state index in [1.54, 1.807) is 0 Å². The van der Waals surface area contributed by atoms with Crippen molar-refractivity contribution in [1.82, 2.24) is 5.32 Å². The van der Waals surface area contributed by atoms with Crippen LogP contribution in [-0.4, -0.2) is 19.3 Å². The molecule has 1 N–H and O–H groups in total. The van der Waals surface area contributed by atoms with Gasteiger partial charge in [-0.3, -0.25) is 0 Å². The first kappa shape index (κ1) is 15.6. The molecule has 1 atom stereocenters. The van der Waals surface area contributed by atoms with Crippen LogP contribution in [0.1, 0.15) is 17.9 Å². The van der Waals surface area contributed by atoms with Crippen LogP contribution in [0.2, 0.25) is 0 Å². The first-order valence-electron chi connectivity index (χ1n) is 6.87. The zero-order valence-electron chi connectivity index (χ0n) is 11.7. The molecule has 2 aromatic carbocycles. The van der Waals surface area contributed by atoms with Crippen molar-refractivity contribution in [2.24, 2.45) is 0 Å². The Morgan fingerprint density at radius 2 is 1.75 bits per heavy atom. The van der Waals surface area contributed by atoms with Gasteiger partial charge in [0.1, 0.15) is 0 Å². The first-order chi connectivity index (χ1) is 9.79. The Morgan fingerprint density at radius 3 is 2.40 bits per heavy atom. The fourth-order valence-electron chi connectivity index (χ4n) is 2.20. The molecule has 0 aliphatic rings. The number of halogens is 1. The lowest BCUT2D eigenvalue weighted by Gasteiger charge is -2.17. The molecule has 0 heterocycles. The predicted octanol–water partition coefficient (Wildman–Crippen LogP) is 4.93. The summed E-state index contributed by atoms with van der Waals surface area (Å²) in [4.78, 5) is 1.35. The molecule has 0 saturated heterocycles. The van der Waals surface area contributed by atoms with Crippen LogP contribution < -0.4 is 5.32 Å². The Balaban J connectivity index is 1.90. The molecule has 0 radical (unpaired) electrons. The average molecular weight is 350 g/mol. The summed E-state index contributed by atoms with van der Waals surface area (Å²) in [5, 5.41) is 3.31. The van der Waals surface area contributed by atoms with E-state index in [0.29, 0.717) is 5.92 Å². The highest BCUT2D eigenvalue weighted by Crippen LogP contribution is 2.26. The van der Waals surface area contributed by atoms with Gasteiger partial charge in [-0.25, -0.2) is 0 Å². The van der Waals surface area contributed by atoms with Crippen molar-refractivity contribution in [1.29, 1.82) is 0 Å². The lowest BCUT2D eigenvalue weighted by atomic mass is 9.96. The maximum absolute atomic E-state index is 3.50. The van der Waals surface area contributed by atoms with Gasteiger partial charge in [-0.2, -0.15) is 0 Å². The second-order valence-corrected chi connectivity index (χ2v) is 6.84. The highest BCUT2D eigenvalue weighted by atomic mass is 79.9. The van der Waals surface area contributed by atoms with Gasteiger partial charge in [-0.05, 0) is 55.0 Å². The van der Waals surface area contributed by atoms with Gasteiger partial charge in [-0.1, -0.05) is 46.3 Å². The zero-order valence-corrected chi connectivity index (χ0v) is 14.1. The molecule has 3 heteroatoms. The molecule has 1 unspecified atom stereocenters. The van der Waals surface area contributed by atoms with E-state index in [2.05, 4.69) is 75.8 Å². The van der Waals surface area contributed by atoms with E-state index in [-0.39, 0.29) is 0 Å². The largest absolute Gasteiger partial charge is 0.319 e. The third-order valence-corrected chi connectivity index (χ3v) is 4.84. The van der Waals surface area contributed by atoms with Gasteiger partial charge in [0.25, 0.3) is 0 Å². The third-order valence-electron chi connectivity index (χ3n) is 3.27. The predicted molar refractivity (Wildman–Crippen MR) is 92.6 cm³/mol. The molecule has 2 aromatic rings.